The summed E-state index contributed by atoms with van der Waals surface area (Å²) in [5.41, 5.74) is 9.88. The predicted molar refractivity (Wildman–Crippen MR) is 162 cm³/mol. The third-order valence-electron chi connectivity index (χ3n) is 7.83. The minimum absolute atomic E-state index is 0.127. The highest BCUT2D eigenvalue weighted by Crippen LogP contribution is 2.38. The Morgan fingerprint density at radius 2 is 1.57 bits per heavy atom. The highest BCUT2D eigenvalue weighted by Gasteiger charge is 2.31. The van der Waals surface area contributed by atoms with Crippen molar-refractivity contribution < 1.29 is 22.7 Å². The summed E-state index contributed by atoms with van der Waals surface area (Å²) < 4.78 is 39.8. The standard InChI is InChI=1S/C33H31N3O5S/c1-40-25-10-12-26(13-11-25)41-27-8-5-9-28(20-27)42(38,39)36-16-14-23(15-17-36)31-21-35-32-29(31)18-24(19-30(32)33(34)37)22-6-3-2-4-7-22/h2-13,18-21,23,35H,14-17H2,1H3,(H2,34,37). The van der Waals surface area contributed by atoms with Crippen LogP contribution in [0.25, 0.3) is 22.0 Å². The number of hydrogen-bond donors (Lipinski definition) is 2. The molecule has 42 heavy (non-hydrogen) atoms. The van der Waals surface area contributed by atoms with Gasteiger partial charge in [-0.3, -0.25) is 4.79 Å². The van der Waals surface area contributed by atoms with Crippen molar-refractivity contribution in [3.8, 4) is 28.4 Å². The Bertz CT molecular complexity index is 1840. The lowest BCUT2D eigenvalue weighted by Crippen LogP contribution is -2.37. The molecule has 0 aliphatic carbocycles. The van der Waals surface area contributed by atoms with Crippen molar-refractivity contribution >= 4 is 26.8 Å². The lowest BCUT2D eigenvalue weighted by molar-refractivity contribution is 0.100. The first-order chi connectivity index (χ1) is 20.3. The molecule has 1 saturated heterocycles. The van der Waals surface area contributed by atoms with E-state index in [0.29, 0.717) is 54.3 Å². The van der Waals surface area contributed by atoms with Gasteiger partial charge in [-0.2, -0.15) is 4.31 Å². The van der Waals surface area contributed by atoms with Gasteiger partial charge in [-0.1, -0.05) is 36.4 Å². The number of aromatic amines is 1. The Kier molecular flexibility index (Phi) is 7.45. The maximum absolute atomic E-state index is 13.6. The van der Waals surface area contributed by atoms with Crippen LogP contribution < -0.4 is 15.2 Å². The number of rotatable bonds is 8. The van der Waals surface area contributed by atoms with Gasteiger partial charge in [0.05, 0.1) is 23.1 Å². The molecule has 9 heteroatoms. The van der Waals surface area contributed by atoms with Crippen molar-refractivity contribution in [1.29, 1.82) is 0 Å². The van der Waals surface area contributed by atoms with Gasteiger partial charge in [-0.15, -0.1) is 0 Å². The molecule has 6 rings (SSSR count). The maximum atomic E-state index is 13.6. The van der Waals surface area contributed by atoms with E-state index in [1.807, 2.05) is 42.6 Å². The molecule has 1 fully saturated rings. The first kappa shape index (κ1) is 27.6. The van der Waals surface area contributed by atoms with E-state index in [0.717, 1.165) is 22.1 Å². The molecular formula is C33H31N3O5S. The normalized spacial score (nSPS) is 14.6. The summed E-state index contributed by atoms with van der Waals surface area (Å²) in [5.74, 6) is 1.36. The van der Waals surface area contributed by atoms with Crippen LogP contribution in [0.4, 0.5) is 0 Å². The lowest BCUT2D eigenvalue weighted by atomic mass is 9.88. The number of amides is 1. The summed E-state index contributed by atoms with van der Waals surface area (Å²) in [5, 5.41) is 0.940. The van der Waals surface area contributed by atoms with Gasteiger partial charge in [0.2, 0.25) is 10.0 Å². The number of fused-ring (bicyclic) bond motifs is 1. The van der Waals surface area contributed by atoms with Crippen LogP contribution in [0, 0.1) is 0 Å². The Balaban J connectivity index is 1.21. The fourth-order valence-electron chi connectivity index (χ4n) is 5.62. The van der Waals surface area contributed by atoms with Gasteiger partial charge in [0.15, 0.2) is 0 Å². The van der Waals surface area contributed by atoms with Crippen LogP contribution >= 0.6 is 0 Å². The summed E-state index contributed by atoms with van der Waals surface area (Å²) >= 11 is 0. The van der Waals surface area contributed by atoms with Gasteiger partial charge in [0, 0.05) is 30.7 Å². The van der Waals surface area contributed by atoms with Gasteiger partial charge in [-0.05, 0) is 84.0 Å². The maximum Gasteiger partial charge on any atom is 0.250 e. The molecule has 3 N–H and O–H groups in total. The van der Waals surface area contributed by atoms with Gasteiger partial charge < -0.3 is 20.2 Å². The fourth-order valence-corrected chi connectivity index (χ4v) is 7.12. The molecule has 4 aromatic carbocycles. The number of benzene rings is 4. The highest BCUT2D eigenvalue weighted by molar-refractivity contribution is 7.89. The zero-order chi connectivity index (χ0) is 29.3. The summed E-state index contributed by atoms with van der Waals surface area (Å²) in [6.07, 6.45) is 3.23. The molecule has 1 aromatic heterocycles. The van der Waals surface area contributed by atoms with Crippen molar-refractivity contribution in [3.63, 3.8) is 0 Å². The molecule has 0 unspecified atom stereocenters. The highest BCUT2D eigenvalue weighted by atomic mass is 32.2. The van der Waals surface area contributed by atoms with Gasteiger partial charge in [0.25, 0.3) is 5.91 Å². The molecule has 0 bridgehead atoms. The number of piperidine rings is 1. The Morgan fingerprint density at radius 1 is 0.857 bits per heavy atom. The number of methoxy groups -OCH3 is 1. The zero-order valence-electron chi connectivity index (χ0n) is 23.1. The number of hydrogen-bond acceptors (Lipinski definition) is 5. The molecule has 2 heterocycles. The number of sulfonamides is 1. The van der Waals surface area contributed by atoms with Gasteiger partial charge in [0.1, 0.15) is 17.2 Å². The molecule has 0 atom stereocenters. The number of primary amides is 1. The lowest BCUT2D eigenvalue weighted by Gasteiger charge is -2.31. The second kappa shape index (κ2) is 11.3. The molecule has 1 aliphatic rings. The molecule has 0 saturated carbocycles. The quantitative estimate of drug-likeness (QED) is 0.223. The van der Waals surface area contributed by atoms with Crippen LogP contribution in [-0.2, 0) is 10.0 Å². The molecule has 5 aromatic rings. The van der Waals surface area contributed by atoms with Gasteiger partial charge in [-0.25, -0.2) is 8.42 Å². The molecule has 8 nitrogen and oxygen atoms in total. The number of carbonyl (C=O) groups is 1. The average molecular weight is 582 g/mol. The van der Waals surface area contributed by atoms with E-state index >= 15 is 0 Å². The topological polar surface area (TPSA) is 115 Å². The second-order valence-electron chi connectivity index (χ2n) is 10.4. The number of aromatic nitrogens is 1. The number of carbonyl (C=O) groups excluding carboxylic acids is 1. The largest absolute Gasteiger partial charge is 0.497 e. The number of ether oxygens (including phenoxy) is 2. The van der Waals surface area contributed by atoms with Crippen molar-refractivity contribution in [2.24, 2.45) is 5.73 Å². The average Bonchev–Trinajstić information content (AvgIpc) is 3.45. The van der Waals surface area contributed by atoms with Crippen LogP contribution in [0.5, 0.6) is 17.2 Å². The second-order valence-corrected chi connectivity index (χ2v) is 12.3. The molecule has 214 valence electrons. The molecular weight excluding hydrogens is 550 g/mol. The third kappa shape index (κ3) is 5.36. The van der Waals surface area contributed by atoms with Crippen molar-refractivity contribution in [2.75, 3.05) is 20.2 Å². The summed E-state index contributed by atoms with van der Waals surface area (Å²) in [6, 6.07) is 27.4. The Morgan fingerprint density at radius 3 is 2.26 bits per heavy atom. The summed E-state index contributed by atoms with van der Waals surface area (Å²) in [4.78, 5) is 15.8. The van der Waals surface area contributed by atoms with Crippen LogP contribution in [0.1, 0.15) is 34.7 Å². The van der Waals surface area contributed by atoms with Crippen molar-refractivity contribution in [2.45, 2.75) is 23.7 Å². The number of nitrogens with two attached hydrogens (primary N) is 1. The van der Waals surface area contributed by atoms with Crippen LogP contribution in [-0.4, -0.2) is 43.8 Å². The minimum Gasteiger partial charge on any atom is -0.497 e. The van der Waals surface area contributed by atoms with E-state index in [1.54, 1.807) is 55.6 Å². The van der Waals surface area contributed by atoms with E-state index in [4.69, 9.17) is 15.2 Å². The van der Waals surface area contributed by atoms with Crippen LogP contribution in [0.2, 0.25) is 0 Å². The van der Waals surface area contributed by atoms with E-state index in [-0.39, 0.29) is 10.8 Å². The fraction of sp³-hybridized carbons (Fsp3) is 0.182. The van der Waals surface area contributed by atoms with Crippen molar-refractivity contribution in [1.82, 2.24) is 9.29 Å². The third-order valence-corrected chi connectivity index (χ3v) is 9.72. The zero-order valence-corrected chi connectivity index (χ0v) is 23.9. The van der Waals surface area contributed by atoms with E-state index in [2.05, 4.69) is 11.1 Å². The smallest absolute Gasteiger partial charge is 0.250 e. The predicted octanol–water partition coefficient (Wildman–Crippen LogP) is 6.30. The first-order valence-corrected chi connectivity index (χ1v) is 15.2. The Labute approximate surface area is 244 Å². The first-order valence-electron chi connectivity index (χ1n) is 13.8. The molecule has 1 amide bonds. The summed E-state index contributed by atoms with van der Waals surface area (Å²) in [7, 11) is -2.13. The summed E-state index contributed by atoms with van der Waals surface area (Å²) in [6.45, 7) is 0.759. The van der Waals surface area contributed by atoms with Crippen molar-refractivity contribution in [3.05, 3.63) is 108 Å². The Hall–Kier alpha value is -4.60. The monoisotopic (exact) mass is 581 g/mol. The van der Waals surface area contributed by atoms with Crippen LogP contribution in [0.15, 0.2) is 102 Å². The van der Waals surface area contributed by atoms with E-state index < -0.39 is 15.9 Å². The van der Waals surface area contributed by atoms with Crippen LogP contribution in [0.3, 0.4) is 0 Å². The van der Waals surface area contributed by atoms with Gasteiger partial charge >= 0.3 is 0 Å². The molecule has 0 spiro atoms. The minimum atomic E-state index is -3.72. The number of nitrogens with zero attached hydrogens (tertiary/aromatic N) is 1. The van der Waals surface area contributed by atoms with E-state index in [1.165, 1.54) is 4.31 Å². The molecule has 0 radical (unpaired) electrons. The number of H-pyrrole nitrogens is 1. The van der Waals surface area contributed by atoms with E-state index in [9.17, 15) is 13.2 Å². The SMILES string of the molecule is COc1ccc(Oc2cccc(S(=O)(=O)N3CCC(c4c[nH]c5c(C(N)=O)cc(-c6ccccc6)cc45)CC3)c2)cc1. The molecule has 1 aliphatic heterocycles. The number of nitrogens with one attached hydrogen (secondary N) is 1.